The number of benzene rings is 3. The maximum Gasteiger partial charge on any atom is 0.338 e. The van der Waals surface area contributed by atoms with Gasteiger partial charge in [0.2, 0.25) is 0 Å². The number of anilines is 2. The molecule has 3 rings (SSSR count). The second-order valence-electron chi connectivity index (χ2n) is 7.71. The Morgan fingerprint density at radius 2 is 1.61 bits per heavy atom. The summed E-state index contributed by atoms with van der Waals surface area (Å²) < 4.78 is 43.5. The number of hydrogen-bond acceptors (Lipinski definition) is 7. The third-order valence-electron chi connectivity index (χ3n) is 4.96. The smallest absolute Gasteiger partial charge is 0.338 e. The summed E-state index contributed by atoms with van der Waals surface area (Å²) in [5, 5.41) is 2.67. The van der Waals surface area contributed by atoms with E-state index in [2.05, 4.69) is 10.0 Å². The van der Waals surface area contributed by atoms with Crippen LogP contribution in [0.1, 0.15) is 30.1 Å². The van der Waals surface area contributed by atoms with Gasteiger partial charge in [-0.3, -0.25) is 9.52 Å². The van der Waals surface area contributed by atoms with Crippen molar-refractivity contribution in [3.63, 3.8) is 0 Å². The first-order valence-corrected chi connectivity index (χ1v) is 12.8. The first kappa shape index (κ1) is 26.6. The largest absolute Gasteiger partial charge is 0.497 e. The van der Waals surface area contributed by atoms with Gasteiger partial charge in [-0.25, -0.2) is 13.2 Å². The van der Waals surface area contributed by atoms with E-state index in [1.165, 1.54) is 31.4 Å². The number of hydrogen-bond donors (Lipinski definition) is 2. The van der Waals surface area contributed by atoms with Crippen molar-refractivity contribution in [3.8, 4) is 11.5 Å². The van der Waals surface area contributed by atoms with Crippen molar-refractivity contribution in [2.75, 3.05) is 30.4 Å². The summed E-state index contributed by atoms with van der Waals surface area (Å²) in [6, 6.07) is 18.6. The second-order valence-corrected chi connectivity index (χ2v) is 9.39. The molecule has 0 unspecified atom stereocenters. The fourth-order valence-corrected chi connectivity index (χ4v) is 4.09. The van der Waals surface area contributed by atoms with Gasteiger partial charge >= 0.3 is 5.97 Å². The zero-order chi connectivity index (χ0) is 26.0. The van der Waals surface area contributed by atoms with Gasteiger partial charge < -0.3 is 19.5 Å². The summed E-state index contributed by atoms with van der Waals surface area (Å²) >= 11 is 0. The number of unbranched alkanes of at least 4 members (excludes halogenated alkanes) is 1. The molecule has 0 bridgehead atoms. The van der Waals surface area contributed by atoms with E-state index in [0.29, 0.717) is 35.0 Å². The molecular weight excluding hydrogens is 484 g/mol. The summed E-state index contributed by atoms with van der Waals surface area (Å²) in [6.07, 6.45) is 1.74. The Morgan fingerprint density at radius 1 is 0.889 bits per heavy atom. The van der Waals surface area contributed by atoms with Crippen LogP contribution in [-0.4, -0.2) is 40.6 Å². The van der Waals surface area contributed by atoms with Gasteiger partial charge in [0, 0.05) is 11.8 Å². The maximum atomic E-state index is 12.6. The standard InChI is InChI=1S/C26H28N2O7S/c1-3-4-16-34-26(30)19-8-10-20(11-9-19)27-25(29)18-35-22-12-14-24(15-13-22)36(31,32)28-21-6-5-7-23(17-21)33-2/h5-15,17,28H,3-4,16,18H2,1-2H3,(H,27,29). The molecule has 0 fully saturated rings. The average Bonchev–Trinajstić information content (AvgIpc) is 2.88. The molecule has 0 aliphatic rings. The minimum absolute atomic E-state index is 0.0374. The predicted octanol–water partition coefficient (Wildman–Crippen LogP) is 4.47. The number of rotatable bonds is 12. The lowest BCUT2D eigenvalue weighted by molar-refractivity contribution is -0.118. The van der Waals surface area contributed by atoms with E-state index in [-0.39, 0.29) is 11.5 Å². The highest BCUT2D eigenvalue weighted by Crippen LogP contribution is 2.22. The van der Waals surface area contributed by atoms with Crippen LogP contribution in [-0.2, 0) is 19.6 Å². The van der Waals surface area contributed by atoms with Gasteiger partial charge in [0.1, 0.15) is 11.5 Å². The molecule has 2 N–H and O–H groups in total. The fraction of sp³-hybridized carbons (Fsp3) is 0.231. The Balaban J connectivity index is 1.50. The third-order valence-corrected chi connectivity index (χ3v) is 6.36. The van der Waals surface area contributed by atoms with Crippen LogP contribution in [0.4, 0.5) is 11.4 Å². The zero-order valence-corrected chi connectivity index (χ0v) is 20.8. The van der Waals surface area contributed by atoms with Crippen molar-refractivity contribution in [2.24, 2.45) is 0 Å². The number of sulfonamides is 1. The molecule has 0 atom stereocenters. The second kappa shape index (κ2) is 12.6. The Bertz CT molecular complexity index is 1270. The molecule has 0 aliphatic carbocycles. The van der Waals surface area contributed by atoms with E-state index in [1.54, 1.807) is 48.5 Å². The molecule has 3 aromatic rings. The van der Waals surface area contributed by atoms with Crippen molar-refractivity contribution in [3.05, 3.63) is 78.4 Å². The van der Waals surface area contributed by atoms with Crippen LogP contribution in [0.2, 0.25) is 0 Å². The molecule has 0 heterocycles. The highest BCUT2D eigenvalue weighted by molar-refractivity contribution is 7.92. The minimum Gasteiger partial charge on any atom is -0.497 e. The first-order chi connectivity index (χ1) is 17.3. The number of ether oxygens (including phenoxy) is 3. The van der Waals surface area contributed by atoms with Crippen LogP contribution >= 0.6 is 0 Å². The van der Waals surface area contributed by atoms with Gasteiger partial charge in [0.15, 0.2) is 6.61 Å². The Kier molecular flexibility index (Phi) is 9.29. The van der Waals surface area contributed by atoms with Crippen molar-refractivity contribution in [1.29, 1.82) is 0 Å². The van der Waals surface area contributed by atoms with E-state index >= 15 is 0 Å². The molecule has 0 spiro atoms. The van der Waals surface area contributed by atoms with Gasteiger partial charge in [-0.15, -0.1) is 0 Å². The number of methoxy groups -OCH3 is 1. The number of carbonyl (C=O) groups excluding carboxylic acids is 2. The molecule has 190 valence electrons. The summed E-state index contributed by atoms with van der Waals surface area (Å²) in [5.41, 5.74) is 1.27. The van der Waals surface area contributed by atoms with Crippen molar-refractivity contribution in [2.45, 2.75) is 24.7 Å². The molecule has 3 aromatic carbocycles. The van der Waals surface area contributed by atoms with Crippen LogP contribution < -0.4 is 19.5 Å². The minimum atomic E-state index is -3.82. The van der Waals surface area contributed by atoms with Gasteiger partial charge in [-0.2, -0.15) is 0 Å². The lowest BCUT2D eigenvalue weighted by Gasteiger charge is -2.11. The van der Waals surface area contributed by atoms with E-state index in [9.17, 15) is 18.0 Å². The topological polar surface area (TPSA) is 120 Å². The van der Waals surface area contributed by atoms with Crippen molar-refractivity contribution < 1.29 is 32.2 Å². The Hall–Kier alpha value is -4.05. The summed E-state index contributed by atoms with van der Waals surface area (Å²) in [7, 11) is -2.32. The molecule has 0 aliphatic heterocycles. The Morgan fingerprint density at radius 3 is 2.28 bits per heavy atom. The van der Waals surface area contributed by atoms with Crippen LogP contribution in [0, 0.1) is 0 Å². The SMILES string of the molecule is CCCCOC(=O)c1ccc(NC(=O)COc2ccc(S(=O)(=O)Nc3cccc(OC)c3)cc2)cc1. The van der Waals surface area contributed by atoms with Crippen LogP contribution in [0.15, 0.2) is 77.7 Å². The predicted molar refractivity (Wildman–Crippen MR) is 136 cm³/mol. The molecule has 9 nitrogen and oxygen atoms in total. The summed E-state index contributed by atoms with van der Waals surface area (Å²) in [6.45, 7) is 2.10. The maximum absolute atomic E-state index is 12.6. The number of amides is 1. The number of carbonyl (C=O) groups is 2. The molecule has 0 saturated carbocycles. The lowest BCUT2D eigenvalue weighted by Crippen LogP contribution is -2.20. The normalized spacial score (nSPS) is 10.8. The van der Waals surface area contributed by atoms with E-state index in [0.717, 1.165) is 12.8 Å². The van der Waals surface area contributed by atoms with Crippen LogP contribution in [0.25, 0.3) is 0 Å². The zero-order valence-electron chi connectivity index (χ0n) is 20.0. The molecule has 0 radical (unpaired) electrons. The molecule has 0 aromatic heterocycles. The highest BCUT2D eigenvalue weighted by Gasteiger charge is 2.15. The third kappa shape index (κ3) is 7.74. The van der Waals surface area contributed by atoms with E-state index < -0.39 is 21.9 Å². The van der Waals surface area contributed by atoms with Crippen molar-refractivity contribution >= 4 is 33.3 Å². The molecule has 10 heteroatoms. The van der Waals surface area contributed by atoms with Crippen LogP contribution in [0.3, 0.4) is 0 Å². The fourth-order valence-electron chi connectivity index (χ4n) is 3.04. The quantitative estimate of drug-likeness (QED) is 0.271. The lowest BCUT2D eigenvalue weighted by atomic mass is 10.2. The molecule has 36 heavy (non-hydrogen) atoms. The molecular formula is C26H28N2O7S. The molecule has 0 saturated heterocycles. The molecule has 1 amide bonds. The first-order valence-electron chi connectivity index (χ1n) is 11.3. The summed E-state index contributed by atoms with van der Waals surface area (Å²) in [5.74, 6) is 0.0345. The van der Waals surface area contributed by atoms with E-state index in [4.69, 9.17) is 14.2 Å². The average molecular weight is 513 g/mol. The monoisotopic (exact) mass is 512 g/mol. The van der Waals surface area contributed by atoms with Crippen LogP contribution in [0.5, 0.6) is 11.5 Å². The van der Waals surface area contributed by atoms with Gasteiger partial charge in [-0.1, -0.05) is 19.4 Å². The van der Waals surface area contributed by atoms with Gasteiger partial charge in [0.25, 0.3) is 15.9 Å². The van der Waals surface area contributed by atoms with Gasteiger partial charge in [0.05, 0.1) is 29.9 Å². The van der Waals surface area contributed by atoms with Crippen molar-refractivity contribution in [1.82, 2.24) is 0 Å². The number of esters is 1. The summed E-state index contributed by atoms with van der Waals surface area (Å²) in [4.78, 5) is 24.2. The number of nitrogens with one attached hydrogen (secondary N) is 2. The van der Waals surface area contributed by atoms with Gasteiger partial charge in [-0.05, 0) is 67.1 Å². The highest BCUT2D eigenvalue weighted by atomic mass is 32.2. The Labute approximate surface area is 210 Å². The van der Waals surface area contributed by atoms with E-state index in [1.807, 2.05) is 6.92 Å².